The van der Waals surface area contributed by atoms with Crippen LogP contribution in [0.25, 0.3) is 0 Å². The van der Waals surface area contributed by atoms with Gasteiger partial charge >= 0.3 is 0 Å². The summed E-state index contributed by atoms with van der Waals surface area (Å²) in [5, 5.41) is 3.64. The van der Waals surface area contributed by atoms with Crippen molar-refractivity contribution in [2.75, 3.05) is 20.6 Å². The lowest BCUT2D eigenvalue weighted by atomic mass is 9.86. The van der Waals surface area contributed by atoms with Gasteiger partial charge in [0, 0.05) is 43.0 Å². The minimum atomic E-state index is -3.86. The molecule has 1 amide bonds. The highest BCUT2D eigenvalue weighted by molar-refractivity contribution is 7.89. The molecule has 38 heavy (non-hydrogen) atoms. The lowest BCUT2D eigenvalue weighted by Crippen LogP contribution is -2.44. The largest absolute Gasteiger partial charge is 0.349 e. The second-order valence-corrected chi connectivity index (χ2v) is 13.0. The van der Waals surface area contributed by atoms with Gasteiger partial charge < -0.3 is 14.8 Å². The van der Waals surface area contributed by atoms with Crippen LogP contribution >= 0.6 is 11.6 Å². The number of hydrogen-bond acceptors (Lipinski definition) is 4. The van der Waals surface area contributed by atoms with Gasteiger partial charge in [0.25, 0.3) is 0 Å². The predicted octanol–water partition coefficient (Wildman–Crippen LogP) is 4.84. The Labute approximate surface area is 230 Å². The number of benzene rings is 2. The standard InChI is InChI=1S/C29H35ClN4O3S/c1-20-9-11-23(17-25(20)30)38(36,37)34-15-14-33-13-5-8-27(33)28(34)18-29(35)31-26-7-4-6-22-16-21(19-32(2)3)10-12-24(22)26/h5,8-13,16-17,26,28H,4,6-7,14-15,18-19H2,1-3H3,(H,31,35). The number of halogens is 1. The molecule has 3 aromatic rings. The van der Waals surface area contributed by atoms with Crippen molar-refractivity contribution in [3.8, 4) is 0 Å². The number of rotatable bonds is 7. The van der Waals surface area contributed by atoms with Crippen LogP contribution in [0.15, 0.2) is 59.6 Å². The number of sulfonamides is 1. The molecule has 0 fully saturated rings. The van der Waals surface area contributed by atoms with Crippen molar-refractivity contribution in [3.63, 3.8) is 0 Å². The van der Waals surface area contributed by atoms with Gasteiger partial charge in [-0.2, -0.15) is 4.31 Å². The van der Waals surface area contributed by atoms with Crippen molar-refractivity contribution in [2.24, 2.45) is 0 Å². The number of aromatic nitrogens is 1. The molecule has 2 heterocycles. The third-order valence-corrected chi connectivity index (χ3v) is 9.91. The Morgan fingerprint density at radius 2 is 1.95 bits per heavy atom. The molecule has 0 spiro atoms. The second-order valence-electron chi connectivity index (χ2n) is 10.7. The number of nitrogens with zero attached hydrogens (tertiary/aromatic N) is 3. The van der Waals surface area contributed by atoms with Crippen LogP contribution in [0.5, 0.6) is 0 Å². The van der Waals surface area contributed by atoms with Gasteiger partial charge in [-0.05, 0) is 86.8 Å². The maximum atomic E-state index is 13.8. The van der Waals surface area contributed by atoms with E-state index < -0.39 is 16.1 Å². The quantitative estimate of drug-likeness (QED) is 0.453. The maximum absolute atomic E-state index is 13.8. The highest BCUT2D eigenvalue weighted by Crippen LogP contribution is 2.36. The van der Waals surface area contributed by atoms with Gasteiger partial charge in [0.2, 0.25) is 15.9 Å². The molecule has 0 radical (unpaired) electrons. The molecule has 7 nitrogen and oxygen atoms in total. The van der Waals surface area contributed by atoms with Crippen molar-refractivity contribution in [1.29, 1.82) is 0 Å². The van der Waals surface area contributed by atoms with E-state index >= 15 is 0 Å². The Hall–Kier alpha value is -2.65. The summed E-state index contributed by atoms with van der Waals surface area (Å²) in [4.78, 5) is 15.8. The lowest BCUT2D eigenvalue weighted by molar-refractivity contribution is -0.123. The molecule has 1 aliphatic heterocycles. The van der Waals surface area contributed by atoms with E-state index in [9.17, 15) is 13.2 Å². The van der Waals surface area contributed by atoms with Gasteiger partial charge in [-0.15, -0.1) is 0 Å². The zero-order valence-electron chi connectivity index (χ0n) is 22.2. The molecule has 9 heteroatoms. The van der Waals surface area contributed by atoms with Crippen LogP contribution in [-0.2, 0) is 34.3 Å². The topological polar surface area (TPSA) is 74.6 Å². The second kappa shape index (κ2) is 10.8. The van der Waals surface area contributed by atoms with E-state index in [2.05, 4.69) is 42.5 Å². The summed E-state index contributed by atoms with van der Waals surface area (Å²) in [5.74, 6) is -0.151. The van der Waals surface area contributed by atoms with E-state index in [1.807, 2.05) is 29.8 Å². The van der Waals surface area contributed by atoms with Gasteiger partial charge in [0.05, 0.1) is 17.0 Å². The average molecular weight is 555 g/mol. The van der Waals surface area contributed by atoms with E-state index in [0.29, 0.717) is 11.6 Å². The molecule has 1 aliphatic carbocycles. The van der Waals surface area contributed by atoms with Crippen LogP contribution in [0, 0.1) is 6.92 Å². The van der Waals surface area contributed by atoms with Gasteiger partial charge in [0.15, 0.2) is 0 Å². The van der Waals surface area contributed by atoms with E-state index in [-0.39, 0.29) is 29.8 Å². The molecule has 1 aromatic heterocycles. The number of aryl methyl sites for hydroxylation is 2. The Bertz CT molecular complexity index is 1450. The zero-order chi connectivity index (χ0) is 27.0. The molecule has 0 bridgehead atoms. The number of nitrogens with one attached hydrogen (secondary N) is 1. The highest BCUT2D eigenvalue weighted by atomic mass is 35.5. The van der Waals surface area contributed by atoms with E-state index in [1.165, 1.54) is 21.5 Å². The zero-order valence-corrected chi connectivity index (χ0v) is 23.7. The first-order valence-corrected chi connectivity index (χ1v) is 14.9. The van der Waals surface area contributed by atoms with Gasteiger partial charge in [-0.1, -0.05) is 35.9 Å². The third kappa shape index (κ3) is 5.41. The molecular formula is C29H35ClN4O3S. The number of hydrogen-bond donors (Lipinski definition) is 1. The van der Waals surface area contributed by atoms with E-state index in [4.69, 9.17) is 11.6 Å². The van der Waals surface area contributed by atoms with Crippen LogP contribution in [0.1, 0.15) is 59.3 Å². The Balaban J connectivity index is 1.38. The molecule has 1 N–H and O–H groups in total. The normalized spacial score (nSPS) is 19.7. The fourth-order valence-corrected chi connectivity index (χ4v) is 7.58. The summed E-state index contributed by atoms with van der Waals surface area (Å²) >= 11 is 6.27. The minimum Gasteiger partial charge on any atom is -0.349 e. The average Bonchev–Trinajstić information content (AvgIpc) is 3.35. The first-order chi connectivity index (χ1) is 18.1. The molecule has 5 rings (SSSR count). The monoisotopic (exact) mass is 554 g/mol. The SMILES string of the molecule is Cc1ccc(S(=O)(=O)N2CCn3cccc3C2CC(=O)NC2CCCc3cc(CN(C)C)ccc32)cc1Cl. The number of carbonyl (C=O) groups is 1. The molecule has 2 aromatic carbocycles. The molecule has 2 aliphatic rings. The molecule has 0 saturated heterocycles. The third-order valence-electron chi connectivity index (χ3n) is 7.60. The van der Waals surface area contributed by atoms with Crippen LogP contribution in [-0.4, -0.2) is 48.7 Å². The van der Waals surface area contributed by atoms with Gasteiger partial charge in [-0.25, -0.2) is 8.42 Å². The minimum absolute atomic E-state index is 0.0490. The lowest BCUT2D eigenvalue weighted by Gasteiger charge is -2.36. The summed E-state index contributed by atoms with van der Waals surface area (Å²) in [6.45, 7) is 3.53. The van der Waals surface area contributed by atoms with E-state index in [0.717, 1.165) is 42.6 Å². The fraction of sp³-hybridized carbons (Fsp3) is 0.414. The Kier molecular flexibility index (Phi) is 7.69. The maximum Gasteiger partial charge on any atom is 0.243 e. The first-order valence-electron chi connectivity index (χ1n) is 13.1. The number of fused-ring (bicyclic) bond motifs is 2. The summed E-state index contributed by atoms with van der Waals surface area (Å²) in [7, 11) is 0.252. The highest BCUT2D eigenvalue weighted by Gasteiger charge is 2.38. The Morgan fingerprint density at radius 3 is 2.71 bits per heavy atom. The van der Waals surface area contributed by atoms with Crippen LogP contribution in [0.2, 0.25) is 5.02 Å². The molecule has 2 unspecified atom stereocenters. The molecule has 2 atom stereocenters. The first kappa shape index (κ1) is 26.9. The smallest absolute Gasteiger partial charge is 0.243 e. The van der Waals surface area contributed by atoms with Crippen molar-refractivity contribution in [2.45, 2.75) is 62.7 Å². The van der Waals surface area contributed by atoms with Crippen LogP contribution < -0.4 is 5.32 Å². The van der Waals surface area contributed by atoms with Crippen molar-refractivity contribution >= 4 is 27.5 Å². The van der Waals surface area contributed by atoms with Gasteiger partial charge in [-0.3, -0.25) is 4.79 Å². The van der Waals surface area contributed by atoms with Crippen LogP contribution in [0.3, 0.4) is 0 Å². The summed E-state index contributed by atoms with van der Waals surface area (Å²) in [5.41, 5.74) is 5.35. The van der Waals surface area contributed by atoms with Crippen molar-refractivity contribution in [3.05, 3.63) is 87.7 Å². The molecule has 0 saturated carbocycles. The van der Waals surface area contributed by atoms with Crippen molar-refractivity contribution < 1.29 is 13.2 Å². The fourth-order valence-electron chi connectivity index (χ4n) is 5.72. The predicted molar refractivity (Wildman–Crippen MR) is 150 cm³/mol. The van der Waals surface area contributed by atoms with Crippen LogP contribution in [0.4, 0.5) is 0 Å². The molecule has 202 valence electrons. The summed E-state index contributed by atoms with van der Waals surface area (Å²) in [6.07, 6.45) is 4.87. The van der Waals surface area contributed by atoms with Crippen molar-refractivity contribution in [1.82, 2.24) is 19.1 Å². The van der Waals surface area contributed by atoms with E-state index in [1.54, 1.807) is 12.1 Å². The van der Waals surface area contributed by atoms with Gasteiger partial charge in [0.1, 0.15) is 0 Å². The number of carbonyl (C=O) groups excluding carboxylic acids is 1. The Morgan fingerprint density at radius 1 is 1.13 bits per heavy atom. The summed E-state index contributed by atoms with van der Waals surface area (Å²) < 4.78 is 31.0. The summed E-state index contributed by atoms with van der Waals surface area (Å²) in [6, 6.07) is 14.5. The number of amides is 1. The molecular weight excluding hydrogens is 520 g/mol.